The summed E-state index contributed by atoms with van der Waals surface area (Å²) in [6.45, 7) is -0.533. The van der Waals surface area contributed by atoms with Gasteiger partial charge in [-0.3, -0.25) is 14.9 Å². The first-order chi connectivity index (χ1) is 9.49. The number of nitrogens with two attached hydrogens (primary N) is 1. The number of esters is 1. The van der Waals surface area contributed by atoms with Crippen molar-refractivity contribution in [2.75, 3.05) is 12.4 Å². The third-order valence-electron chi connectivity index (χ3n) is 2.06. The molecule has 0 bridgehead atoms. The molecule has 108 valence electrons. The van der Waals surface area contributed by atoms with Crippen molar-refractivity contribution in [2.45, 2.75) is 5.75 Å². The standard InChI is InChI=1S/C12H13ClN2O4S/c13-9-4-2-1-3-8(9)6-20-7-11(17)19-5-10(16)15-12(14)18/h1-4H,5-7H2,(H3,14,15,16,18). The molecule has 0 unspecified atom stereocenters. The zero-order valence-electron chi connectivity index (χ0n) is 10.4. The summed E-state index contributed by atoms with van der Waals surface area (Å²) in [6.07, 6.45) is 0. The highest BCUT2D eigenvalue weighted by atomic mass is 35.5. The maximum Gasteiger partial charge on any atom is 0.318 e. The van der Waals surface area contributed by atoms with Gasteiger partial charge in [-0.25, -0.2) is 4.79 Å². The summed E-state index contributed by atoms with van der Waals surface area (Å²) in [5.41, 5.74) is 5.65. The van der Waals surface area contributed by atoms with Crippen molar-refractivity contribution in [3.05, 3.63) is 34.9 Å². The van der Waals surface area contributed by atoms with Crippen LogP contribution < -0.4 is 11.1 Å². The molecular weight excluding hydrogens is 304 g/mol. The highest BCUT2D eigenvalue weighted by molar-refractivity contribution is 7.99. The molecule has 8 heteroatoms. The van der Waals surface area contributed by atoms with Crippen molar-refractivity contribution in [1.29, 1.82) is 0 Å². The van der Waals surface area contributed by atoms with Crippen molar-refractivity contribution in [1.82, 2.24) is 5.32 Å². The SMILES string of the molecule is NC(=O)NC(=O)COC(=O)CSCc1ccccc1Cl. The van der Waals surface area contributed by atoms with Crippen molar-refractivity contribution >= 4 is 41.3 Å². The second-order valence-corrected chi connectivity index (χ2v) is 5.05. The Kier molecular flexibility index (Phi) is 6.89. The van der Waals surface area contributed by atoms with Crippen LogP contribution in [0.1, 0.15) is 5.56 Å². The van der Waals surface area contributed by atoms with E-state index in [-0.39, 0.29) is 5.75 Å². The number of primary amides is 1. The number of nitrogens with one attached hydrogen (secondary N) is 1. The Morgan fingerprint density at radius 1 is 1.30 bits per heavy atom. The molecule has 0 fully saturated rings. The van der Waals surface area contributed by atoms with E-state index in [9.17, 15) is 14.4 Å². The molecule has 0 aliphatic rings. The van der Waals surface area contributed by atoms with E-state index in [2.05, 4.69) is 4.74 Å². The monoisotopic (exact) mass is 316 g/mol. The number of carbonyl (C=O) groups is 3. The van der Waals surface area contributed by atoms with Crippen LogP contribution in [-0.2, 0) is 20.1 Å². The van der Waals surface area contributed by atoms with Crippen molar-refractivity contribution in [2.24, 2.45) is 5.73 Å². The predicted molar refractivity (Wildman–Crippen MR) is 76.3 cm³/mol. The number of benzene rings is 1. The molecule has 3 amide bonds. The normalized spacial score (nSPS) is 9.85. The number of halogens is 1. The van der Waals surface area contributed by atoms with E-state index in [0.29, 0.717) is 10.8 Å². The lowest BCUT2D eigenvalue weighted by Crippen LogP contribution is -2.37. The minimum absolute atomic E-state index is 0.0784. The fourth-order valence-electron chi connectivity index (χ4n) is 1.22. The lowest BCUT2D eigenvalue weighted by Gasteiger charge is -2.05. The summed E-state index contributed by atoms with van der Waals surface area (Å²) in [5.74, 6) is -0.680. The maximum atomic E-state index is 11.3. The lowest BCUT2D eigenvalue weighted by molar-refractivity contribution is -0.145. The zero-order chi connectivity index (χ0) is 15.0. The molecule has 0 aliphatic carbocycles. The van der Waals surface area contributed by atoms with E-state index in [1.165, 1.54) is 11.8 Å². The summed E-state index contributed by atoms with van der Waals surface area (Å²) in [7, 11) is 0. The van der Waals surface area contributed by atoms with Gasteiger partial charge in [-0.05, 0) is 11.6 Å². The minimum atomic E-state index is -0.987. The first-order valence-electron chi connectivity index (χ1n) is 5.55. The molecule has 20 heavy (non-hydrogen) atoms. The highest BCUT2D eigenvalue weighted by Crippen LogP contribution is 2.20. The molecule has 1 aromatic carbocycles. The van der Waals surface area contributed by atoms with Gasteiger partial charge in [-0.1, -0.05) is 29.8 Å². The van der Waals surface area contributed by atoms with E-state index in [1.807, 2.05) is 18.2 Å². The third kappa shape index (κ3) is 6.44. The van der Waals surface area contributed by atoms with Crippen LogP contribution in [0.2, 0.25) is 5.02 Å². The van der Waals surface area contributed by atoms with Crippen LogP contribution in [0.5, 0.6) is 0 Å². The van der Waals surface area contributed by atoms with Crippen LogP contribution in [0.15, 0.2) is 24.3 Å². The number of amides is 3. The number of hydrogen-bond donors (Lipinski definition) is 2. The Labute approximate surface area is 125 Å². The van der Waals surface area contributed by atoms with Gasteiger partial charge in [-0.15, -0.1) is 11.8 Å². The highest BCUT2D eigenvalue weighted by Gasteiger charge is 2.09. The minimum Gasteiger partial charge on any atom is -0.455 e. The maximum absolute atomic E-state index is 11.3. The Morgan fingerprint density at radius 3 is 2.65 bits per heavy atom. The average Bonchev–Trinajstić information content (AvgIpc) is 2.38. The van der Waals surface area contributed by atoms with Gasteiger partial charge in [0.15, 0.2) is 6.61 Å². The smallest absolute Gasteiger partial charge is 0.318 e. The van der Waals surface area contributed by atoms with Crippen LogP contribution in [-0.4, -0.2) is 30.3 Å². The Hall–Kier alpha value is -1.73. The molecule has 0 aliphatic heterocycles. The topological polar surface area (TPSA) is 98.5 Å². The largest absolute Gasteiger partial charge is 0.455 e. The summed E-state index contributed by atoms with van der Waals surface area (Å²) >= 11 is 7.28. The molecule has 6 nitrogen and oxygen atoms in total. The van der Waals surface area contributed by atoms with Gasteiger partial charge in [0.25, 0.3) is 5.91 Å². The first kappa shape index (κ1) is 16.3. The molecule has 0 atom stereocenters. The van der Waals surface area contributed by atoms with E-state index in [0.717, 1.165) is 5.56 Å². The summed E-state index contributed by atoms with van der Waals surface area (Å²) in [6, 6.07) is 6.32. The number of hydrogen-bond acceptors (Lipinski definition) is 5. The molecule has 0 radical (unpaired) electrons. The number of rotatable bonds is 6. The van der Waals surface area contributed by atoms with Crippen LogP contribution >= 0.6 is 23.4 Å². The lowest BCUT2D eigenvalue weighted by atomic mass is 10.2. The van der Waals surface area contributed by atoms with Crippen LogP contribution in [0.3, 0.4) is 0 Å². The molecule has 0 heterocycles. The van der Waals surface area contributed by atoms with Crippen molar-refractivity contribution in [3.63, 3.8) is 0 Å². The van der Waals surface area contributed by atoms with Gasteiger partial charge < -0.3 is 10.5 Å². The average molecular weight is 317 g/mol. The van der Waals surface area contributed by atoms with Gasteiger partial charge in [0.2, 0.25) is 0 Å². The number of ether oxygens (including phenoxy) is 1. The van der Waals surface area contributed by atoms with Crippen LogP contribution in [0.25, 0.3) is 0 Å². The number of imide groups is 1. The predicted octanol–water partition coefficient (Wildman–Crippen LogP) is 1.31. The Balaban J connectivity index is 2.22. The van der Waals surface area contributed by atoms with Crippen LogP contribution in [0.4, 0.5) is 4.79 Å². The molecule has 0 spiro atoms. The van der Waals surface area contributed by atoms with Gasteiger partial charge in [0.1, 0.15) is 0 Å². The quantitative estimate of drug-likeness (QED) is 0.771. The Bertz CT molecular complexity index is 510. The first-order valence-corrected chi connectivity index (χ1v) is 7.08. The number of carbonyl (C=O) groups excluding carboxylic acids is 3. The number of thioether (sulfide) groups is 1. The fraction of sp³-hybridized carbons (Fsp3) is 0.250. The second kappa shape index (κ2) is 8.44. The van der Waals surface area contributed by atoms with E-state index in [4.69, 9.17) is 17.3 Å². The summed E-state index contributed by atoms with van der Waals surface area (Å²) in [5, 5.41) is 2.42. The summed E-state index contributed by atoms with van der Waals surface area (Å²) < 4.78 is 4.66. The molecular formula is C12H13ClN2O4S. The molecule has 1 rings (SSSR count). The van der Waals surface area contributed by atoms with E-state index in [1.54, 1.807) is 11.4 Å². The molecule has 1 aromatic rings. The third-order valence-corrected chi connectivity index (χ3v) is 3.39. The van der Waals surface area contributed by atoms with Gasteiger partial charge in [-0.2, -0.15) is 0 Å². The Morgan fingerprint density at radius 2 is 2.00 bits per heavy atom. The molecule has 0 saturated heterocycles. The summed E-state index contributed by atoms with van der Waals surface area (Å²) in [4.78, 5) is 32.7. The van der Waals surface area contributed by atoms with E-state index < -0.39 is 24.5 Å². The van der Waals surface area contributed by atoms with Gasteiger partial charge in [0.05, 0.1) is 5.75 Å². The molecule has 0 aromatic heterocycles. The fourth-order valence-corrected chi connectivity index (χ4v) is 2.33. The van der Waals surface area contributed by atoms with Crippen molar-refractivity contribution < 1.29 is 19.1 Å². The molecule has 0 saturated carbocycles. The van der Waals surface area contributed by atoms with Crippen LogP contribution in [0, 0.1) is 0 Å². The second-order valence-electron chi connectivity index (χ2n) is 3.66. The van der Waals surface area contributed by atoms with Gasteiger partial charge >= 0.3 is 12.0 Å². The van der Waals surface area contributed by atoms with Crippen molar-refractivity contribution in [3.8, 4) is 0 Å². The van der Waals surface area contributed by atoms with Gasteiger partial charge in [0, 0.05) is 10.8 Å². The van der Waals surface area contributed by atoms with E-state index >= 15 is 0 Å². The number of urea groups is 1. The molecule has 3 N–H and O–H groups in total. The zero-order valence-corrected chi connectivity index (χ0v) is 12.0.